The van der Waals surface area contributed by atoms with Gasteiger partial charge in [-0.25, -0.2) is 13.1 Å². The van der Waals surface area contributed by atoms with Gasteiger partial charge < -0.3 is 5.32 Å². The summed E-state index contributed by atoms with van der Waals surface area (Å²) < 4.78 is 26.6. The van der Waals surface area contributed by atoms with Crippen molar-refractivity contribution in [2.45, 2.75) is 17.9 Å². The van der Waals surface area contributed by atoms with Crippen LogP contribution < -0.4 is 10.0 Å². The Morgan fingerprint density at radius 2 is 2.05 bits per heavy atom. The van der Waals surface area contributed by atoms with Crippen LogP contribution in [0, 0.1) is 10.1 Å². The quantitative estimate of drug-likeness (QED) is 0.570. The Hall–Kier alpha value is -0.740. The minimum absolute atomic E-state index is 0. The number of nitrogens with one attached hydrogen (secondary N) is 2. The van der Waals surface area contributed by atoms with Gasteiger partial charge in [0.2, 0.25) is 10.0 Å². The third kappa shape index (κ3) is 4.98. The maximum Gasteiger partial charge on any atom is 0.270 e. The van der Waals surface area contributed by atoms with E-state index in [1.807, 2.05) is 6.92 Å². The normalized spacial score (nSPS) is 12.6. The molecule has 20 heavy (non-hydrogen) atoms. The predicted molar refractivity (Wildman–Crippen MR) is 81.8 cm³/mol. The second-order valence-corrected chi connectivity index (χ2v) is 6.50. The van der Waals surface area contributed by atoms with Crippen molar-refractivity contribution in [3.05, 3.63) is 32.8 Å². The summed E-state index contributed by atoms with van der Waals surface area (Å²) >= 11 is 3.04. The summed E-state index contributed by atoms with van der Waals surface area (Å²) in [6, 6.07) is 3.50. The Morgan fingerprint density at radius 3 is 2.50 bits per heavy atom. The summed E-state index contributed by atoms with van der Waals surface area (Å²) in [5.41, 5.74) is -0.172. The van der Waals surface area contributed by atoms with Crippen LogP contribution in [0.3, 0.4) is 0 Å². The first-order valence-corrected chi connectivity index (χ1v) is 7.66. The largest absolute Gasteiger partial charge is 0.316 e. The van der Waals surface area contributed by atoms with Crippen molar-refractivity contribution < 1.29 is 13.3 Å². The smallest absolute Gasteiger partial charge is 0.270 e. The van der Waals surface area contributed by atoms with E-state index < -0.39 is 14.9 Å². The molecule has 0 aliphatic rings. The van der Waals surface area contributed by atoms with E-state index in [0.29, 0.717) is 0 Å². The number of halogens is 2. The summed E-state index contributed by atoms with van der Waals surface area (Å²) in [4.78, 5) is 9.97. The molecule has 0 bridgehead atoms. The summed E-state index contributed by atoms with van der Waals surface area (Å²) in [6.45, 7) is 2.05. The van der Waals surface area contributed by atoms with Crippen LogP contribution in [0.1, 0.15) is 6.92 Å². The number of likely N-dealkylation sites (N-methyl/N-ethyl adjacent to an activating group) is 1. The summed E-state index contributed by atoms with van der Waals surface area (Å²) in [5.74, 6) is 0. The Kier molecular flexibility index (Phi) is 7.60. The molecule has 0 fully saturated rings. The fraction of sp³-hybridized carbons (Fsp3) is 0.400. The van der Waals surface area contributed by atoms with Crippen molar-refractivity contribution in [1.29, 1.82) is 0 Å². The van der Waals surface area contributed by atoms with Crippen LogP contribution in [0.25, 0.3) is 0 Å². The van der Waals surface area contributed by atoms with Gasteiger partial charge in [-0.3, -0.25) is 10.1 Å². The van der Waals surface area contributed by atoms with Gasteiger partial charge in [0.15, 0.2) is 0 Å². The zero-order valence-corrected chi connectivity index (χ0v) is 14.0. The average Bonchev–Trinajstić information content (AvgIpc) is 2.35. The maximum atomic E-state index is 12.0. The van der Waals surface area contributed by atoms with Crippen molar-refractivity contribution in [2.24, 2.45) is 0 Å². The lowest BCUT2D eigenvalue weighted by atomic mass is 10.3. The highest BCUT2D eigenvalue weighted by Gasteiger charge is 2.20. The van der Waals surface area contributed by atoms with Gasteiger partial charge in [0.1, 0.15) is 0 Å². The van der Waals surface area contributed by atoms with Crippen LogP contribution in [0.4, 0.5) is 5.69 Å². The second-order valence-electron chi connectivity index (χ2n) is 3.91. The number of rotatable bonds is 6. The van der Waals surface area contributed by atoms with Gasteiger partial charge in [0, 0.05) is 29.2 Å². The number of sulfonamides is 1. The number of non-ortho nitro benzene ring substituents is 1. The maximum absolute atomic E-state index is 12.0. The first-order valence-electron chi connectivity index (χ1n) is 5.39. The summed E-state index contributed by atoms with van der Waals surface area (Å²) in [6.07, 6.45) is 0. The topological polar surface area (TPSA) is 101 Å². The Balaban J connectivity index is 0.00000361. The van der Waals surface area contributed by atoms with Crippen LogP contribution in [-0.4, -0.2) is 33.0 Å². The first-order chi connectivity index (χ1) is 8.77. The molecular formula is C10H15BrClN3O4S. The van der Waals surface area contributed by atoms with Crippen LogP contribution in [0.5, 0.6) is 0 Å². The third-order valence-electron chi connectivity index (χ3n) is 2.49. The van der Waals surface area contributed by atoms with Gasteiger partial charge >= 0.3 is 0 Å². The molecule has 1 unspecified atom stereocenters. The minimum atomic E-state index is -3.70. The summed E-state index contributed by atoms with van der Waals surface area (Å²) in [7, 11) is -1.98. The van der Waals surface area contributed by atoms with Gasteiger partial charge in [-0.2, -0.15) is 0 Å². The van der Waals surface area contributed by atoms with Gasteiger partial charge in [-0.05, 0) is 36.0 Å². The Bertz CT molecular complexity index is 582. The molecular weight excluding hydrogens is 374 g/mol. The second kappa shape index (κ2) is 7.89. The van der Waals surface area contributed by atoms with Crippen molar-refractivity contribution in [3.8, 4) is 0 Å². The third-order valence-corrected chi connectivity index (χ3v) is 4.89. The molecule has 0 aromatic heterocycles. The molecule has 0 saturated carbocycles. The van der Waals surface area contributed by atoms with Crippen LogP contribution in [-0.2, 0) is 10.0 Å². The molecule has 0 aliphatic carbocycles. The van der Waals surface area contributed by atoms with Crippen molar-refractivity contribution >= 4 is 44.0 Å². The molecule has 0 saturated heterocycles. The molecule has 0 spiro atoms. The SMILES string of the molecule is CNC(C)CNS(=O)(=O)c1ccc([N+](=O)[O-])cc1Br.Cl. The zero-order chi connectivity index (χ0) is 14.6. The predicted octanol–water partition coefficient (Wildman–Crippen LogP) is 1.67. The monoisotopic (exact) mass is 387 g/mol. The number of hydrogen-bond acceptors (Lipinski definition) is 5. The molecule has 0 radical (unpaired) electrons. The lowest BCUT2D eigenvalue weighted by Gasteiger charge is -2.12. The molecule has 114 valence electrons. The molecule has 0 heterocycles. The molecule has 1 atom stereocenters. The number of nitro groups is 1. The molecule has 1 rings (SSSR count). The van der Waals surface area contributed by atoms with E-state index in [1.165, 1.54) is 6.07 Å². The Morgan fingerprint density at radius 1 is 1.45 bits per heavy atom. The highest BCUT2D eigenvalue weighted by Crippen LogP contribution is 2.26. The molecule has 1 aromatic carbocycles. The Labute approximate surface area is 131 Å². The van der Waals surface area contributed by atoms with E-state index in [4.69, 9.17) is 0 Å². The van der Waals surface area contributed by atoms with Crippen LogP contribution in [0.2, 0.25) is 0 Å². The van der Waals surface area contributed by atoms with Gasteiger partial charge in [0.25, 0.3) is 5.69 Å². The van der Waals surface area contributed by atoms with Gasteiger partial charge in [-0.15, -0.1) is 12.4 Å². The molecule has 7 nitrogen and oxygen atoms in total. The molecule has 10 heteroatoms. The highest BCUT2D eigenvalue weighted by molar-refractivity contribution is 9.10. The van der Waals surface area contributed by atoms with E-state index in [0.717, 1.165) is 12.1 Å². The summed E-state index contributed by atoms with van der Waals surface area (Å²) in [5, 5.41) is 13.5. The van der Waals surface area contributed by atoms with E-state index in [9.17, 15) is 18.5 Å². The fourth-order valence-electron chi connectivity index (χ4n) is 1.24. The number of nitrogens with zero attached hydrogens (tertiary/aromatic N) is 1. The number of hydrogen-bond donors (Lipinski definition) is 2. The molecule has 0 aliphatic heterocycles. The molecule has 0 amide bonds. The fourth-order valence-corrected chi connectivity index (χ4v) is 3.43. The van der Waals surface area contributed by atoms with E-state index in [2.05, 4.69) is 26.0 Å². The number of benzene rings is 1. The van der Waals surface area contributed by atoms with Crippen molar-refractivity contribution in [3.63, 3.8) is 0 Å². The lowest BCUT2D eigenvalue weighted by molar-refractivity contribution is -0.385. The highest BCUT2D eigenvalue weighted by atomic mass is 79.9. The van der Waals surface area contributed by atoms with E-state index in [-0.39, 0.29) is 40.0 Å². The molecule has 1 aromatic rings. The first kappa shape index (κ1) is 19.3. The van der Waals surface area contributed by atoms with E-state index >= 15 is 0 Å². The van der Waals surface area contributed by atoms with Crippen molar-refractivity contribution in [1.82, 2.24) is 10.0 Å². The minimum Gasteiger partial charge on any atom is -0.316 e. The zero-order valence-electron chi connectivity index (χ0n) is 10.8. The standard InChI is InChI=1S/C10H14BrN3O4S.ClH/c1-7(12-2)6-13-19(17,18)10-4-3-8(14(15)16)5-9(10)11;/h3-5,7,12-13H,6H2,1-2H3;1H. The molecule has 2 N–H and O–H groups in total. The van der Waals surface area contributed by atoms with Crippen LogP contribution >= 0.6 is 28.3 Å². The average molecular weight is 389 g/mol. The number of nitro benzene ring substituents is 1. The lowest BCUT2D eigenvalue weighted by Crippen LogP contribution is -2.37. The van der Waals surface area contributed by atoms with E-state index in [1.54, 1.807) is 7.05 Å². The van der Waals surface area contributed by atoms with Crippen LogP contribution in [0.15, 0.2) is 27.6 Å². The van der Waals surface area contributed by atoms with Crippen molar-refractivity contribution in [2.75, 3.05) is 13.6 Å². The van der Waals surface area contributed by atoms with Gasteiger partial charge in [-0.1, -0.05) is 0 Å². The van der Waals surface area contributed by atoms with Gasteiger partial charge in [0.05, 0.1) is 9.82 Å².